The maximum absolute atomic E-state index is 13.3. The predicted octanol–water partition coefficient (Wildman–Crippen LogP) is 4.82. The van der Waals surface area contributed by atoms with Gasteiger partial charge in [-0.3, -0.25) is 14.3 Å². The first-order valence-electron chi connectivity index (χ1n) is 9.34. The van der Waals surface area contributed by atoms with Crippen molar-refractivity contribution >= 4 is 33.3 Å². The van der Waals surface area contributed by atoms with Gasteiger partial charge in [0.15, 0.2) is 5.16 Å². The Hall–Kier alpha value is -1.66. The highest BCUT2D eigenvalue weighted by molar-refractivity contribution is 7.98. The topological polar surface area (TPSA) is 47.8 Å². The van der Waals surface area contributed by atoms with Gasteiger partial charge >= 0.3 is 0 Å². The van der Waals surface area contributed by atoms with Crippen LogP contribution in [0.25, 0.3) is 10.2 Å². The third-order valence-electron chi connectivity index (χ3n) is 4.87. The molecule has 1 aliphatic rings. The number of hydrogen-bond donors (Lipinski definition) is 0. The van der Waals surface area contributed by atoms with Crippen molar-refractivity contribution in [2.24, 2.45) is 0 Å². The minimum Gasteiger partial charge on any atom is -0.287 e. The Morgan fingerprint density at radius 1 is 1.31 bits per heavy atom. The molecule has 136 valence electrons. The molecule has 0 aromatic carbocycles. The minimum absolute atomic E-state index is 0.166. The number of aromatic nitrogens is 3. The summed E-state index contributed by atoms with van der Waals surface area (Å²) in [7, 11) is 0. The molecule has 0 aliphatic heterocycles. The van der Waals surface area contributed by atoms with Gasteiger partial charge in [0.2, 0.25) is 0 Å². The first kappa shape index (κ1) is 17.7. The van der Waals surface area contributed by atoms with E-state index in [0.29, 0.717) is 0 Å². The van der Waals surface area contributed by atoms with Crippen LogP contribution in [0.2, 0.25) is 0 Å². The summed E-state index contributed by atoms with van der Waals surface area (Å²) in [6, 6.07) is 4.02. The molecule has 0 bridgehead atoms. The molecule has 0 saturated carbocycles. The van der Waals surface area contributed by atoms with Crippen molar-refractivity contribution in [3.63, 3.8) is 0 Å². The van der Waals surface area contributed by atoms with Gasteiger partial charge in [0.05, 0.1) is 5.39 Å². The third-order valence-corrected chi connectivity index (χ3v) is 7.10. The summed E-state index contributed by atoms with van der Waals surface area (Å²) < 4.78 is 1.92. The van der Waals surface area contributed by atoms with E-state index < -0.39 is 0 Å². The molecule has 3 aromatic rings. The van der Waals surface area contributed by atoms with E-state index in [1.54, 1.807) is 29.3 Å². The predicted molar refractivity (Wildman–Crippen MR) is 109 cm³/mol. The van der Waals surface area contributed by atoms with Gasteiger partial charge in [0, 0.05) is 29.6 Å². The van der Waals surface area contributed by atoms with Crippen molar-refractivity contribution in [2.75, 3.05) is 0 Å². The lowest BCUT2D eigenvalue weighted by atomic mass is 10.2. The van der Waals surface area contributed by atoms with Gasteiger partial charge in [-0.15, -0.1) is 11.3 Å². The number of rotatable bonds is 7. The number of thiophene rings is 1. The fourth-order valence-electron chi connectivity index (χ4n) is 3.52. The lowest BCUT2D eigenvalue weighted by Gasteiger charge is -2.12. The Morgan fingerprint density at radius 2 is 2.23 bits per heavy atom. The zero-order valence-corrected chi connectivity index (χ0v) is 16.7. The molecular formula is C20H23N3OS2. The molecule has 0 radical (unpaired) electrons. The lowest BCUT2D eigenvalue weighted by molar-refractivity contribution is 0.542. The van der Waals surface area contributed by atoms with Crippen LogP contribution in [0.4, 0.5) is 0 Å². The summed E-state index contributed by atoms with van der Waals surface area (Å²) in [5.41, 5.74) is 2.59. The van der Waals surface area contributed by atoms with E-state index in [4.69, 9.17) is 4.98 Å². The van der Waals surface area contributed by atoms with Crippen molar-refractivity contribution in [2.45, 2.75) is 62.9 Å². The monoisotopic (exact) mass is 385 g/mol. The molecular weight excluding hydrogens is 362 g/mol. The molecule has 26 heavy (non-hydrogen) atoms. The zero-order valence-electron chi connectivity index (χ0n) is 15.0. The van der Waals surface area contributed by atoms with E-state index in [2.05, 4.69) is 18.0 Å². The summed E-state index contributed by atoms with van der Waals surface area (Å²) in [4.78, 5) is 24.7. The molecule has 3 heterocycles. The highest BCUT2D eigenvalue weighted by atomic mass is 32.2. The summed E-state index contributed by atoms with van der Waals surface area (Å²) in [5, 5.41) is 1.74. The van der Waals surface area contributed by atoms with Crippen LogP contribution in [-0.2, 0) is 25.1 Å². The smallest absolute Gasteiger partial charge is 0.263 e. The second-order valence-corrected chi connectivity index (χ2v) is 8.77. The van der Waals surface area contributed by atoms with Crippen molar-refractivity contribution in [3.05, 3.63) is 50.9 Å². The van der Waals surface area contributed by atoms with E-state index in [1.165, 1.54) is 16.9 Å². The van der Waals surface area contributed by atoms with E-state index in [1.807, 2.05) is 16.8 Å². The SMILES string of the molecule is CCCCCn1c(SCc2cccnc2)nc2sc3c(c2c1=O)CCC3. The minimum atomic E-state index is 0.166. The molecule has 0 unspecified atom stereocenters. The van der Waals surface area contributed by atoms with Gasteiger partial charge in [-0.1, -0.05) is 37.6 Å². The van der Waals surface area contributed by atoms with Crippen molar-refractivity contribution in [3.8, 4) is 0 Å². The second kappa shape index (κ2) is 7.92. The van der Waals surface area contributed by atoms with Gasteiger partial charge in [0.1, 0.15) is 4.83 Å². The van der Waals surface area contributed by atoms with Crippen molar-refractivity contribution < 1.29 is 0 Å². The molecule has 0 saturated heterocycles. The number of thioether (sulfide) groups is 1. The quantitative estimate of drug-likeness (QED) is 0.332. The summed E-state index contributed by atoms with van der Waals surface area (Å²) >= 11 is 3.37. The van der Waals surface area contributed by atoms with Crippen LogP contribution in [0.5, 0.6) is 0 Å². The molecule has 1 aliphatic carbocycles. The Morgan fingerprint density at radius 3 is 3.04 bits per heavy atom. The summed E-state index contributed by atoms with van der Waals surface area (Å²) in [6.07, 6.45) is 10.3. The molecule has 0 atom stereocenters. The van der Waals surface area contributed by atoms with Crippen LogP contribution >= 0.6 is 23.1 Å². The number of fused-ring (bicyclic) bond motifs is 3. The number of nitrogens with zero attached hydrogens (tertiary/aromatic N) is 3. The molecule has 4 nitrogen and oxygen atoms in total. The third kappa shape index (κ3) is 3.45. The Balaban J connectivity index is 1.71. The van der Waals surface area contributed by atoms with Crippen LogP contribution in [0.3, 0.4) is 0 Å². The maximum Gasteiger partial charge on any atom is 0.263 e. The lowest BCUT2D eigenvalue weighted by Crippen LogP contribution is -2.23. The molecule has 0 fully saturated rings. The molecule has 0 amide bonds. The van der Waals surface area contributed by atoms with E-state index >= 15 is 0 Å². The van der Waals surface area contributed by atoms with Crippen LogP contribution in [0.15, 0.2) is 34.5 Å². The standard InChI is InChI=1S/C20H23N3OS2/c1-2-3-4-11-23-19(24)17-15-8-5-9-16(15)26-18(17)22-20(23)25-13-14-7-6-10-21-12-14/h6-7,10,12H,2-5,8-9,11,13H2,1H3. The van der Waals surface area contributed by atoms with Crippen molar-refractivity contribution in [1.82, 2.24) is 14.5 Å². The second-order valence-electron chi connectivity index (χ2n) is 6.75. The fraction of sp³-hybridized carbons (Fsp3) is 0.450. The van der Waals surface area contributed by atoms with Crippen molar-refractivity contribution in [1.29, 1.82) is 0 Å². The number of aryl methyl sites for hydroxylation is 2. The molecule has 0 N–H and O–H groups in total. The Labute approximate surface area is 161 Å². The van der Waals surface area contributed by atoms with Crippen LogP contribution in [0, 0.1) is 0 Å². The average molecular weight is 386 g/mol. The highest BCUT2D eigenvalue weighted by Gasteiger charge is 2.23. The van der Waals surface area contributed by atoms with Gasteiger partial charge in [0.25, 0.3) is 5.56 Å². The van der Waals surface area contributed by atoms with Gasteiger partial charge < -0.3 is 0 Å². The van der Waals surface area contributed by atoms with Gasteiger partial charge in [-0.05, 0) is 42.9 Å². The highest BCUT2D eigenvalue weighted by Crippen LogP contribution is 2.36. The number of hydrogen-bond acceptors (Lipinski definition) is 5. The summed E-state index contributed by atoms with van der Waals surface area (Å²) in [5.74, 6) is 0.782. The summed E-state index contributed by atoms with van der Waals surface area (Å²) in [6.45, 7) is 2.95. The van der Waals surface area contributed by atoms with Crippen LogP contribution < -0.4 is 5.56 Å². The Bertz CT molecular complexity index is 963. The molecule has 4 rings (SSSR count). The zero-order chi connectivity index (χ0) is 17.9. The molecule has 3 aromatic heterocycles. The number of pyridine rings is 1. The van der Waals surface area contributed by atoms with Gasteiger partial charge in [-0.2, -0.15) is 0 Å². The van der Waals surface area contributed by atoms with Crippen LogP contribution in [0.1, 0.15) is 48.6 Å². The normalized spacial score (nSPS) is 13.4. The fourth-order valence-corrected chi connectivity index (χ4v) is 5.78. The maximum atomic E-state index is 13.3. The largest absolute Gasteiger partial charge is 0.287 e. The first-order valence-corrected chi connectivity index (χ1v) is 11.1. The van der Waals surface area contributed by atoms with E-state index in [9.17, 15) is 4.79 Å². The molecule has 6 heteroatoms. The van der Waals surface area contributed by atoms with Crippen LogP contribution in [-0.4, -0.2) is 14.5 Å². The Kier molecular flexibility index (Phi) is 5.41. The van der Waals surface area contributed by atoms with E-state index in [-0.39, 0.29) is 5.56 Å². The number of unbranched alkanes of at least 4 members (excludes halogenated alkanes) is 2. The molecule has 0 spiro atoms. The van der Waals surface area contributed by atoms with Gasteiger partial charge in [-0.25, -0.2) is 4.98 Å². The van der Waals surface area contributed by atoms with E-state index in [0.717, 1.165) is 65.3 Å². The average Bonchev–Trinajstić information content (AvgIpc) is 3.23. The first-order chi connectivity index (χ1) is 12.8.